The van der Waals surface area contributed by atoms with Gasteiger partial charge in [-0.1, -0.05) is 37.3 Å². The SMILES string of the molecule is CCCOc1cc(C(CC#N)N2C(=O)C=C3C=CC=CC3C2=O)ccc1OC. The van der Waals surface area contributed by atoms with Crippen LogP contribution in [0.15, 0.2) is 54.2 Å². The number of amides is 2. The first-order valence-electron chi connectivity index (χ1n) is 9.21. The second kappa shape index (κ2) is 8.57. The van der Waals surface area contributed by atoms with E-state index in [9.17, 15) is 14.9 Å². The molecule has 0 N–H and O–H groups in total. The number of hydrogen-bond donors (Lipinski definition) is 0. The van der Waals surface area contributed by atoms with Gasteiger partial charge in [-0.3, -0.25) is 14.5 Å². The zero-order valence-corrected chi connectivity index (χ0v) is 15.9. The summed E-state index contributed by atoms with van der Waals surface area (Å²) >= 11 is 0. The second-order valence-corrected chi connectivity index (χ2v) is 6.55. The van der Waals surface area contributed by atoms with Crippen LogP contribution in [0.2, 0.25) is 0 Å². The molecule has 2 atom stereocenters. The van der Waals surface area contributed by atoms with Gasteiger partial charge in [0.2, 0.25) is 5.91 Å². The lowest BCUT2D eigenvalue weighted by atomic mass is 9.88. The van der Waals surface area contributed by atoms with Crippen molar-refractivity contribution in [2.75, 3.05) is 13.7 Å². The normalized spacial score (nSPS) is 19.0. The van der Waals surface area contributed by atoms with Gasteiger partial charge in [-0.15, -0.1) is 0 Å². The van der Waals surface area contributed by atoms with Crippen molar-refractivity contribution >= 4 is 11.8 Å². The molecule has 1 aromatic rings. The molecule has 0 aromatic heterocycles. The van der Waals surface area contributed by atoms with E-state index in [2.05, 4.69) is 6.07 Å². The fourth-order valence-electron chi connectivity index (χ4n) is 3.37. The topological polar surface area (TPSA) is 79.6 Å². The Morgan fingerprint density at radius 2 is 2.07 bits per heavy atom. The van der Waals surface area contributed by atoms with Gasteiger partial charge in [-0.05, 0) is 29.7 Å². The van der Waals surface area contributed by atoms with Gasteiger partial charge in [-0.2, -0.15) is 5.26 Å². The number of carbonyl (C=O) groups excluding carboxylic acids is 2. The first kappa shape index (κ1) is 19.4. The van der Waals surface area contributed by atoms with Gasteiger partial charge >= 0.3 is 0 Å². The highest BCUT2D eigenvalue weighted by Gasteiger charge is 2.39. The summed E-state index contributed by atoms with van der Waals surface area (Å²) in [5.41, 5.74) is 1.33. The number of methoxy groups -OCH3 is 1. The number of ether oxygens (including phenoxy) is 2. The lowest BCUT2D eigenvalue weighted by molar-refractivity contribution is -0.147. The number of carbonyl (C=O) groups is 2. The predicted octanol–water partition coefficient (Wildman–Crippen LogP) is 3.48. The van der Waals surface area contributed by atoms with Crippen molar-refractivity contribution in [3.63, 3.8) is 0 Å². The Labute approximate surface area is 164 Å². The van der Waals surface area contributed by atoms with E-state index < -0.39 is 17.9 Å². The Balaban J connectivity index is 2.00. The lowest BCUT2D eigenvalue weighted by Crippen LogP contribution is -2.45. The summed E-state index contributed by atoms with van der Waals surface area (Å²) in [5, 5.41) is 9.35. The average molecular weight is 378 g/mol. The van der Waals surface area contributed by atoms with Crippen LogP contribution >= 0.6 is 0 Å². The van der Waals surface area contributed by atoms with E-state index in [1.165, 1.54) is 11.0 Å². The molecule has 1 heterocycles. The number of allylic oxidation sites excluding steroid dienone is 3. The fourth-order valence-corrected chi connectivity index (χ4v) is 3.37. The van der Waals surface area contributed by atoms with Crippen molar-refractivity contribution in [2.24, 2.45) is 5.92 Å². The third kappa shape index (κ3) is 3.70. The van der Waals surface area contributed by atoms with Crippen LogP contribution < -0.4 is 9.47 Å². The van der Waals surface area contributed by atoms with Crippen molar-refractivity contribution in [2.45, 2.75) is 25.8 Å². The van der Waals surface area contributed by atoms with Crippen molar-refractivity contribution in [1.29, 1.82) is 5.26 Å². The summed E-state index contributed by atoms with van der Waals surface area (Å²) in [6, 6.07) is 6.63. The van der Waals surface area contributed by atoms with Crippen LogP contribution in [-0.4, -0.2) is 30.4 Å². The van der Waals surface area contributed by atoms with Gasteiger partial charge in [-0.25, -0.2) is 0 Å². The van der Waals surface area contributed by atoms with E-state index in [1.54, 1.807) is 49.6 Å². The Morgan fingerprint density at radius 1 is 1.25 bits per heavy atom. The number of nitriles is 1. The van der Waals surface area contributed by atoms with Crippen molar-refractivity contribution in [1.82, 2.24) is 4.90 Å². The largest absolute Gasteiger partial charge is 0.493 e. The first-order valence-corrected chi connectivity index (χ1v) is 9.21. The minimum absolute atomic E-state index is 0.00747. The number of nitrogens with zero attached hydrogens (tertiary/aromatic N) is 2. The Hall–Kier alpha value is -3.33. The Kier molecular flexibility index (Phi) is 5.95. The number of benzene rings is 1. The molecule has 0 saturated carbocycles. The highest BCUT2D eigenvalue weighted by atomic mass is 16.5. The van der Waals surface area contributed by atoms with Gasteiger partial charge in [0.1, 0.15) is 0 Å². The molecule has 2 aliphatic rings. The maximum absolute atomic E-state index is 13.1. The van der Waals surface area contributed by atoms with Crippen LogP contribution in [0, 0.1) is 17.2 Å². The van der Waals surface area contributed by atoms with Gasteiger partial charge in [0, 0.05) is 6.08 Å². The molecule has 0 saturated heterocycles. The molecule has 1 aromatic carbocycles. The smallest absolute Gasteiger partial charge is 0.254 e. The zero-order valence-electron chi connectivity index (χ0n) is 15.9. The highest BCUT2D eigenvalue weighted by Crippen LogP contribution is 2.37. The summed E-state index contributed by atoms with van der Waals surface area (Å²) in [6.07, 6.45) is 9.40. The van der Waals surface area contributed by atoms with Crippen LogP contribution in [0.1, 0.15) is 31.4 Å². The van der Waals surface area contributed by atoms with Crippen molar-refractivity contribution < 1.29 is 19.1 Å². The number of imide groups is 1. The summed E-state index contributed by atoms with van der Waals surface area (Å²) in [6.45, 7) is 2.51. The summed E-state index contributed by atoms with van der Waals surface area (Å²) < 4.78 is 11.1. The van der Waals surface area contributed by atoms with E-state index in [0.29, 0.717) is 29.2 Å². The fraction of sp³-hybridized carbons (Fsp3) is 0.318. The summed E-state index contributed by atoms with van der Waals surface area (Å²) in [5.74, 6) is -0.151. The summed E-state index contributed by atoms with van der Waals surface area (Å²) in [7, 11) is 1.55. The van der Waals surface area contributed by atoms with Gasteiger partial charge in [0.05, 0.1) is 38.2 Å². The van der Waals surface area contributed by atoms with Crippen molar-refractivity contribution in [3.8, 4) is 17.6 Å². The third-order valence-electron chi connectivity index (χ3n) is 4.72. The minimum Gasteiger partial charge on any atom is -0.493 e. The molecule has 2 amide bonds. The molecule has 0 bridgehead atoms. The van der Waals surface area contributed by atoms with Crippen LogP contribution in [0.3, 0.4) is 0 Å². The van der Waals surface area contributed by atoms with E-state index in [-0.39, 0.29) is 12.3 Å². The van der Waals surface area contributed by atoms with Crippen molar-refractivity contribution in [3.05, 3.63) is 59.7 Å². The highest BCUT2D eigenvalue weighted by molar-refractivity contribution is 6.08. The predicted molar refractivity (Wildman–Crippen MR) is 103 cm³/mol. The molecule has 1 aliphatic heterocycles. The molecule has 3 rings (SSSR count). The molecule has 28 heavy (non-hydrogen) atoms. The molecule has 0 spiro atoms. The maximum Gasteiger partial charge on any atom is 0.254 e. The van der Waals surface area contributed by atoms with Crippen LogP contribution in [0.5, 0.6) is 11.5 Å². The molecule has 1 aliphatic carbocycles. The molecular weight excluding hydrogens is 356 g/mol. The Bertz CT molecular complexity index is 908. The molecule has 6 nitrogen and oxygen atoms in total. The minimum atomic E-state index is -0.697. The van der Waals surface area contributed by atoms with E-state index >= 15 is 0 Å². The van der Waals surface area contributed by atoms with Crippen LogP contribution in [0.4, 0.5) is 0 Å². The second-order valence-electron chi connectivity index (χ2n) is 6.55. The molecule has 0 fully saturated rings. The Morgan fingerprint density at radius 3 is 2.79 bits per heavy atom. The lowest BCUT2D eigenvalue weighted by Gasteiger charge is -2.34. The monoisotopic (exact) mass is 378 g/mol. The number of fused-ring (bicyclic) bond motifs is 1. The van der Waals surface area contributed by atoms with E-state index in [1.807, 2.05) is 6.92 Å². The molecule has 6 heteroatoms. The zero-order chi connectivity index (χ0) is 20.1. The van der Waals surface area contributed by atoms with Gasteiger partial charge < -0.3 is 9.47 Å². The third-order valence-corrected chi connectivity index (χ3v) is 4.72. The van der Waals surface area contributed by atoms with Crippen LogP contribution in [-0.2, 0) is 9.59 Å². The molecular formula is C22H22N2O4. The number of hydrogen-bond acceptors (Lipinski definition) is 5. The first-order chi connectivity index (χ1) is 13.6. The molecule has 2 unspecified atom stereocenters. The van der Waals surface area contributed by atoms with Gasteiger partial charge in [0.25, 0.3) is 5.91 Å². The summed E-state index contributed by atoms with van der Waals surface area (Å²) in [4.78, 5) is 27.0. The maximum atomic E-state index is 13.1. The van der Waals surface area contributed by atoms with Gasteiger partial charge in [0.15, 0.2) is 11.5 Å². The quantitative estimate of drug-likeness (QED) is 0.679. The van der Waals surface area contributed by atoms with E-state index in [4.69, 9.17) is 9.47 Å². The van der Waals surface area contributed by atoms with E-state index in [0.717, 1.165) is 6.42 Å². The molecule has 0 radical (unpaired) electrons. The number of rotatable bonds is 7. The molecule has 144 valence electrons. The van der Waals surface area contributed by atoms with Crippen LogP contribution in [0.25, 0.3) is 0 Å². The average Bonchev–Trinajstić information content (AvgIpc) is 2.71. The standard InChI is InChI=1S/C22H22N2O4/c1-3-12-28-20-13-16(8-9-19(20)27-2)18(10-11-23)24-21(25)14-15-6-4-5-7-17(15)22(24)26/h4-9,13-14,17-18H,3,10,12H2,1-2H3.